The Bertz CT molecular complexity index is 1120. The Morgan fingerprint density at radius 1 is 0.923 bits per heavy atom. The predicted octanol–water partition coefficient (Wildman–Crippen LogP) is 6.50. The summed E-state index contributed by atoms with van der Waals surface area (Å²) in [5, 5.41) is 11.6. The Balaban J connectivity index is 0.00000420. The molecule has 0 unspecified atom stereocenters. The second-order valence-corrected chi connectivity index (χ2v) is 10.4. The maximum absolute atomic E-state index is 13.7. The molecule has 4 N–H and O–H groups in total. The van der Waals surface area contributed by atoms with Crippen molar-refractivity contribution in [1.29, 1.82) is 0 Å². The molecule has 0 spiro atoms. The van der Waals surface area contributed by atoms with Crippen molar-refractivity contribution in [1.82, 2.24) is 15.3 Å². The van der Waals surface area contributed by atoms with Crippen LogP contribution in [-0.4, -0.2) is 33.9 Å². The van der Waals surface area contributed by atoms with Gasteiger partial charge in [0.15, 0.2) is 0 Å². The van der Waals surface area contributed by atoms with Crippen molar-refractivity contribution in [3.63, 3.8) is 0 Å². The van der Waals surface area contributed by atoms with Gasteiger partial charge in [0.25, 0.3) is 0 Å². The second kappa shape index (κ2) is 13.1. The van der Waals surface area contributed by atoms with Crippen LogP contribution in [0, 0.1) is 11.8 Å². The van der Waals surface area contributed by atoms with Gasteiger partial charge in [-0.2, -0.15) is 18.2 Å². The predicted molar refractivity (Wildman–Crippen MR) is 147 cm³/mol. The highest BCUT2D eigenvalue weighted by Crippen LogP contribution is 2.37. The number of carbonyl (C=O) groups excluding carboxylic acids is 2. The van der Waals surface area contributed by atoms with Crippen LogP contribution in [-0.2, 0) is 15.8 Å². The van der Waals surface area contributed by atoms with E-state index in [0.29, 0.717) is 24.2 Å². The molecule has 0 aliphatic heterocycles. The number of amides is 2. The largest absolute Gasteiger partial charge is 0.421 e. The first kappa shape index (κ1) is 30.2. The molecular weight excluding hydrogens is 509 g/mol. The summed E-state index contributed by atoms with van der Waals surface area (Å²) in [5.74, 6) is -0.947. The smallest absolute Gasteiger partial charge is 0.366 e. The Morgan fingerprint density at radius 2 is 1.59 bits per heavy atom. The van der Waals surface area contributed by atoms with E-state index >= 15 is 0 Å². The molecule has 1 aromatic carbocycles. The molecule has 0 saturated heterocycles. The van der Waals surface area contributed by atoms with E-state index < -0.39 is 23.7 Å². The van der Waals surface area contributed by atoms with Crippen molar-refractivity contribution in [2.75, 3.05) is 16.0 Å². The minimum absolute atomic E-state index is 0. The van der Waals surface area contributed by atoms with E-state index in [1.54, 1.807) is 24.3 Å². The number of alkyl halides is 3. The average Bonchev–Trinajstić information content (AvgIpc) is 3.33. The summed E-state index contributed by atoms with van der Waals surface area (Å²) in [6.07, 6.45) is 3.08. The number of halogens is 3. The Labute approximate surface area is 228 Å². The molecule has 0 radical (unpaired) electrons. The van der Waals surface area contributed by atoms with E-state index in [1.165, 1.54) is 6.42 Å². The molecule has 39 heavy (non-hydrogen) atoms. The van der Waals surface area contributed by atoms with Gasteiger partial charge in [-0.05, 0) is 63.8 Å². The van der Waals surface area contributed by atoms with Crippen LogP contribution in [0.5, 0.6) is 0 Å². The fraction of sp³-hybridized carbons (Fsp3) is 0.571. The molecule has 2 saturated carbocycles. The lowest BCUT2D eigenvalue weighted by Crippen LogP contribution is -2.41. The van der Waals surface area contributed by atoms with E-state index in [4.69, 9.17) is 0 Å². The highest BCUT2D eigenvalue weighted by Gasteiger charge is 2.39. The second-order valence-electron chi connectivity index (χ2n) is 10.4. The fourth-order valence-electron chi connectivity index (χ4n) is 5.15. The maximum atomic E-state index is 13.7. The molecular formula is C28H39F3N6O2. The maximum Gasteiger partial charge on any atom is 0.421 e. The normalized spacial score (nSPS) is 19.7. The van der Waals surface area contributed by atoms with Crippen LogP contribution in [0.15, 0.2) is 30.5 Å². The Kier molecular flexibility index (Phi) is 10.2. The summed E-state index contributed by atoms with van der Waals surface area (Å²) in [6, 6.07) is 6.33. The molecule has 1 heterocycles. The lowest BCUT2D eigenvalue weighted by atomic mass is 9.88. The first-order chi connectivity index (χ1) is 18.1. The molecule has 0 bridgehead atoms. The Morgan fingerprint density at radius 3 is 2.23 bits per heavy atom. The summed E-state index contributed by atoms with van der Waals surface area (Å²) < 4.78 is 41.2. The first-order valence-electron chi connectivity index (χ1n) is 13.3. The van der Waals surface area contributed by atoms with Crippen LogP contribution < -0.4 is 21.3 Å². The minimum atomic E-state index is -4.66. The Hall–Kier alpha value is -3.37. The molecule has 2 atom stereocenters. The number of hydrogen-bond donors (Lipinski definition) is 4. The third kappa shape index (κ3) is 8.06. The zero-order valence-corrected chi connectivity index (χ0v) is 21.7. The van der Waals surface area contributed by atoms with Gasteiger partial charge in [0.2, 0.25) is 17.8 Å². The van der Waals surface area contributed by atoms with Gasteiger partial charge < -0.3 is 21.3 Å². The number of nitrogens with one attached hydrogen (secondary N) is 4. The monoisotopic (exact) mass is 548 g/mol. The molecule has 214 valence electrons. The van der Waals surface area contributed by atoms with Crippen molar-refractivity contribution in [3.05, 3.63) is 36.0 Å². The molecule has 2 fully saturated rings. The van der Waals surface area contributed by atoms with Crippen LogP contribution in [0.3, 0.4) is 0 Å². The van der Waals surface area contributed by atoms with E-state index in [1.807, 2.05) is 13.8 Å². The van der Waals surface area contributed by atoms with E-state index in [-0.39, 0.29) is 43.0 Å². The number of carbonyl (C=O) groups is 2. The number of rotatable bonds is 8. The number of anilines is 4. The number of hydrogen-bond acceptors (Lipinski definition) is 6. The van der Waals surface area contributed by atoms with Gasteiger partial charge >= 0.3 is 6.18 Å². The zero-order valence-electron chi connectivity index (χ0n) is 21.7. The van der Waals surface area contributed by atoms with Crippen LogP contribution >= 0.6 is 0 Å². The van der Waals surface area contributed by atoms with Crippen molar-refractivity contribution in [2.45, 2.75) is 90.9 Å². The first-order valence-corrected chi connectivity index (χ1v) is 13.3. The average molecular weight is 549 g/mol. The van der Waals surface area contributed by atoms with Gasteiger partial charge in [-0.15, -0.1) is 0 Å². The SMILES string of the molecule is C.CC(C)NC(=O)[C@H]1CCC[C@H]1Nc1nc(Nc2ccc(NC(=O)C3CCCCC3)cc2)ncc1C(F)(F)F. The molecule has 2 aromatic rings. The van der Waals surface area contributed by atoms with Crippen LogP contribution in [0.25, 0.3) is 0 Å². The summed E-state index contributed by atoms with van der Waals surface area (Å²) in [5.41, 5.74) is 0.217. The van der Waals surface area contributed by atoms with Gasteiger partial charge in [-0.1, -0.05) is 33.1 Å². The zero-order chi connectivity index (χ0) is 27.3. The van der Waals surface area contributed by atoms with E-state index in [2.05, 4.69) is 31.2 Å². The highest BCUT2D eigenvalue weighted by atomic mass is 19.4. The number of nitrogens with zero attached hydrogens (tertiary/aromatic N) is 2. The van der Waals surface area contributed by atoms with Gasteiger partial charge in [-0.3, -0.25) is 9.59 Å². The van der Waals surface area contributed by atoms with Gasteiger partial charge in [0.1, 0.15) is 11.4 Å². The van der Waals surface area contributed by atoms with Gasteiger partial charge in [0, 0.05) is 35.6 Å². The summed E-state index contributed by atoms with van der Waals surface area (Å²) in [7, 11) is 0. The van der Waals surface area contributed by atoms with Crippen molar-refractivity contribution in [2.24, 2.45) is 11.8 Å². The molecule has 11 heteroatoms. The van der Waals surface area contributed by atoms with Crippen LogP contribution in [0.4, 0.5) is 36.3 Å². The lowest BCUT2D eigenvalue weighted by Gasteiger charge is -2.24. The lowest BCUT2D eigenvalue weighted by molar-refractivity contribution is -0.137. The van der Waals surface area contributed by atoms with E-state index in [9.17, 15) is 22.8 Å². The van der Waals surface area contributed by atoms with Crippen molar-refractivity contribution >= 4 is 35.0 Å². The fourth-order valence-corrected chi connectivity index (χ4v) is 5.15. The van der Waals surface area contributed by atoms with Crippen LogP contribution in [0.2, 0.25) is 0 Å². The molecule has 2 aliphatic carbocycles. The van der Waals surface area contributed by atoms with E-state index in [0.717, 1.165) is 38.3 Å². The molecule has 2 amide bonds. The van der Waals surface area contributed by atoms with Crippen molar-refractivity contribution < 1.29 is 22.8 Å². The van der Waals surface area contributed by atoms with Gasteiger partial charge in [0.05, 0.1) is 5.92 Å². The molecule has 2 aliphatic rings. The molecule has 4 rings (SSSR count). The topological polar surface area (TPSA) is 108 Å². The summed E-state index contributed by atoms with van der Waals surface area (Å²) >= 11 is 0. The summed E-state index contributed by atoms with van der Waals surface area (Å²) in [6.45, 7) is 3.69. The van der Waals surface area contributed by atoms with Crippen LogP contribution in [0.1, 0.15) is 78.2 Å². The van der Waals surface area contributed by atoms with Crippen molar-refractivity contribution in [3.8, 4) is 0 Å². The number of benzene rings is 1. The van der Waals surface area contributed by atoms with Gasteiger partial charge in [-0.25, -0.2) is 4.98 Å². The third-order valence-corrected chi connectivity index (χ3v) is 7.08. The number of aromatic nitrogens is 2. The minimum Gasteiger partial charge on any atom is -0.366 e. The quantitative estimate of drug-likeness (QED) is 0.300. The molecule has 1 aromatic heterocycles. The summed E-state index contributed by atoms with van der Waals surface area (Å²) in [4.78, 5) is 33.1. The standard InChI is InChI=1S/C27H35F3N6O2.CH4/c1-16(2)32-25(38)20-9-6-10-22(20)35-23-21(27(28,29)30)15-31-26(36-23)34-19-13-11-18(12-14-19)33-24(37)17-7-4-3-5-8-17;/h11-17,20,22H,3-10H2,1-2H3,(H,32,38)(H,33,37)(H2,31,34,35,36);1H4/t20-,22+;/m0./s1. The highest BCUT2D eigenvalue weighted by molar-refractivity contribution is 5.92. The third-order valence-electron chi connectivity index (χ3n) is 7.08. The molecule has 8 nitrogen and oxygen atoms in total.